The van der Waals surface area contributed by atoms with E-state index in [0.29, 0.717) is 10.5 Å². The van der Waals surface area contributed by atoms with Crippen molar-refractivity contribution in [3.63, 3.8) is 0 Å². The van der Waals surface area contributed by atoms with E-state index in [0.717, 1.165) is 6.07 Å². The van der Waals surface area contributed by atoms with Crippen molar-refractivity contribution in [3.8, 4) is 11.1 Å². The Bertz CT molecular complexity index is 844. The van der Waals surface area contributed by atoms with Crippen LogP contribution >= 0.6 is 0 Å². The zero-order valence-corrected chi connectivity index (χ0v) is 13.5. The van der Waals surface area contributed by atoms with E-state index in [2.05, 4.69) is 0 Å². The average molecular weight is 368 g/mol. The molecule has 1 fully saturated rings. The number of halogens is 4. The third-order valence-corrected chi connectivity index (χ3v) is 4.57. The van der Waals surface area contributed by atoms with Crippen LogP contribution in [0.4, 0.5) is 22.4 Å². The fourth-order valence-corrected chi connectivity index (χ4v) is 3.21. The van der Waals surface area contributed by atoms with Gasteiger partial charge < -0.3 is 10.8 Å². The molecular formula is C18H16F4N2O2. The molecule has 0 spiro atoms. The molecule has 2 aromatic carbocycles. The van der Waals surface area contributed by atoms with Gasteiger partial charge in [-0.05, 0) is 29.7 Å². The Labute approximate surface area is 146 Å². The van der Waals surface area contributed by atoms with Gasteiger partial charge in [0.1, 0.15) is 11.6 Å². The van der Waals surface area contributed by atoms with Gasteiger partial charge in [-0.25, -0.2) is 22.4 Å². The molecule has 8 heteroatoms. The zero-order chi connectivity index (χ0) is 19.1. The average Bonchev–Trinajstić information content (AvgIpc) is 2.80. The fraction of sp³-hybridized carbons (Fsp3) is 0.278. The molecule has 1 aliphatic rings. The fourth-order valence-electron chi connectivity index (χ4n) is 3.21. The van der Waals surface area contributed by atoms with Gasteiger partial charge in [-0.1, -0.05) is 30.3 Å². The van der Waals surface area contributed by atoms with E-state index < -0.39 is 42.3 Å². The summed E-state index contributed by atoms with van der Waals surface area (Å²) in [6.07, 6.45) is -1.85. The number of hydrogen-bond donors (Lipinski definition) is 2. The number of likely N-dealkylation sites (tertiary alicyclic amines) is 1. The molecule has 138 valence electrons. The molecule has 0 radical (unpaired) electrons. The van der Waals surface area contributed by atoms with Crippen LogP contribution in [0.2, 0.25) is 0 Å². The molecule has 1 heterocycles. The summed E-state index contributed by atoms with van der Waals surface area (Å²) in [5.74, 6) is -4.65. The van der Waals surface area contributed by atoms with Crippen molar-refractivity contribution in [1.82, 2.24) is 4.90 Å². The van der Waals surface area contributed by atoms with Crippen molar-refractivity contribution in [3.05, 3.63) is 59.7 Å². The van der Waals surface area contributed by atoms with Gasteiger partial charge in [0, 0.05) is 5.56 Å². The Morgan fingerprint density at radius 2 is 1.92 bits per heavy atom. The molecule has 3 rings (SSSR count). The minimum atomic E-state index is -3.39. The first kappa shape index (κ1) is 18.2. The monoisotopic (exact) mass is 368 g/mol. The molecule has 1 saturated heterocycles. The summed E-state index contributed by atoms with van der Waals surface area (Å²) in [5.41, 5.74) is 5.95. The van der Waals surface area contributed by atoms with E-state index in [-0.39, 0.29) is 17.5 Å². The summed E-state index contributed by atoms with van der Waals surface area (Å²) in [4.78, 5) is 11.8. The molecule has 0 aromatic heterocycles. The molecular weight excluding hydrogens is 352 g/mol. The van der Waals surface area contributed by atoms with Crippen LogP contribution in [0.5, 0.6) is 0 Å². The van der Waals surface area contributed by atoms with Crippen LogP contribution in [0.15, 0.2) is 42.5 Å². The predicted molar refractivity (Wildman–Crippen MR) is 86.9 cm³/mol. The third-order valence-electron chi connectivity index (χ3n) is 4.57. The van der Waals surface area contributed by atoms with Gasteiger partial charge in [0.2, 0.25) is 0 Å². The van der Waals surface area contributed by atoms with Crippen molar-refractivity contribution >= 4 is 6.09 Å². The summed E-state index contributed by atoms with van der Waals surface area (Å²) in [5, 5.41) is 9.15. The molecule has 0 bridgehead atoms. The summed E-state index contributed by atoms with van der Waals surface area (Å²) < 4.78 is 55.9. The van der Waals surface area contributed by atoms with Crippen LogP contribution in [0.3, 0.4) is 0 Å². The molecule has 4 nitrogen and oxygen atoms in total. The molecule has 26 heavy (non-hydrogen) atoms. The lowest BCUT2D eigenvalue weighted by Crippen LogP contribution is -2.47. The van der Waals surface area contributed by atoms with E-state index in [1.54, 1.807) is 0 Å². The highest BCUT2D eigenvalue weighted by molar-refractivity contribution is 5.67. The SMILES string of the molecule is N[C@@H]1[C@H](Cc2cccc(-c3cccc(F)c3)c2F)N(C(=O)O)CC1(F)F. The van der Waals surface area contributed by atoms with Gasteiger partial charge in [0.05, 0.1) is 18.6 Å². The molecule has 0 unspecified atom stereocenters. The second-order valence-electron chi connectivity index (χ2n) is 6.26. The van der Waals surface area contributed by atoms with Gasteiger partial charge in [-0.3, -0.25) is 4.90 Å². The number of carboxylic acid groups (broad SMARTS) is 1. The first-order chi connectivity index (χ1) is 12.2. The maximum absolute atomic E-state index is 14.9. The number of nitrogens with zero attached hydrogens (tertiary/aromatic N) is 1. The standard InChI is InChI=1S/C18H16F4N2O2/c19-12-5-1-3-10(7-12)13-6-2-4-11(15(13)20)8-14-16(23)18(21,22)9-24(14)17(25)26/h1-7,14,16H,8-9,23H2,(H,25,26)/t14-,16+/m0/s1. The van der Waals surface area contributed by atoms with Crippen molar-refractivity contribution in [2.45, 2.75) is 24.4 Å². The Morgan fingerprint density at radius 1 is 1.23 bits per heavy atom. The van der Waals surface area contributed by atoms with E-state index >= 15 is 0 Å². The van der Waals surface area contributed by atoms with Crippen LogP contribution in [-0.4, -0.2) is 40.7 Å². The number of benzene rings is 2. The highest BCUT2D eigenvalue weighted by atomic mass is 19.3. The molecule has 0 aliphatic carbocycles. The Balaban J connectivity index is 1.95. The first-order valence-electron chi connectivity index (χ1n) is 7.87. The highest BCUT2D eigenvalue weighted by Gasteiger charge is 2.54. The maximum Gasteiger partial charge on any atom is 0.407 e. The van der Waals surface area contributed by atoms with Crippen LogP contribution in [0.25, 0.3) is 11.1 Å². The molecule has 2 atom stereocenters. The minimum Gasteiger partial charge on any atom is -0.465 e. The van der Waals surface area contributed by atoms with Crippen molar-refractivity contribution in [1.29, 1.82) is 0 Å². The van der Waals surface area contributed by atoms with Crippen molar-refractivity contribution < 1.29 is 27.5 Å². The number of nitrogens with two attached hydrogens (primary N) is 1. The summed E-state index contributed by atoms with van der Waals surface area (Å²) in [6, 6.07) is 6.63. The summed E-state index contributed by atoms with van der Waals surface area (Å²) in [7, 11) is 0. The largest absolute Gasteiger partial charge is 0.465 e. The second-order valence-corrected chi connectivity index (χ2v) is 6.26. The van der Waals surface area contributed by atoms with Crippen LogP contribution < -0.4 is 5.73 Å². The molecule has 1 amide bonds. The highest BCUT2D eigenvalue weighted by Crippen LogP contribution is 2.34. The first-order valence-corrected chi connectivity index (χ1v) is 7.87. The molecule has 1 aliphatic heterocycles. The number of hydrogen-bond acceptors (Lipinski definition) is 2. The van der Waals surface area contributed by atoms with Crippen LogP contribution in [0, 0.1) is 11.6 Å². The Hall–Kier alpha value is -2.61. The van der Waals surface area contributed by atoms with E-state index in [4.69, 9.17) is 10.8 Å². The minimum absolute atomic E-state index is 0.0381. The summed E-state index contributed by atoms with van der Waals surface area (Å²) in [6.45, 7) is -1.03. The normalized spacial score (nSPS) is 21.8. The quantitative estimate of drug-likeness (QED) is 0.815. The van der Waals surface area contributed by atoms with E-state index in [1.165, 1.54) is 36.4 Å². The number of rotatable bonds is 3. The molecule has 0 saturated carbocycles. The lowest BCUT2D eigenvalue weighted by atomic mass is 9.95. The van der Waals surface area contributed by atoms with Gasteiger partial charge >= 0.3 is 6.09 Å². The van der Waals surface area contributed by atoms with Gasteiger partial charge in [0.25, 0.3) is 5.92 Å². The van der Waals surface area contributed by atoms with Gasteiger partial charge in [0.15, 0.2) is 0 Å². The lowest BCUT2D eigenvalue weighted by molar-refractivity contribution is -0.00119. The van der Waals surface area contributed by atoms with Crippen LogP contribution in [0.1, 0.15) is 5.56 Å². The zero-order valence-electron chi connectivity index (χ0n) is 13.5. The molecule has 3 N–H and O–H groups in total. The Morgan fingerprint density at radius 3 is 2.58 bits per heavy atom. The van der Waals surface area contributed by atoms with Crippen LogP contribution in [-0.2, 0) is 6.42 Å². The maximum atomic E-state index is 14.9. The van der Waals surface area contributed by atoms with E-state index in [1.807, 2.05) is 0 Å². The topological polar surface area (TPSA) is 66.6 Å². The smallest absolute Gasteiger partial charge is 0.407 e. The third kappa shape index (κ3) is 3.24. The number of amides is 1. The van der Waals surface area contributed by atoms with Crippen molar-refractivity contribution in [2.24, 2.45) is 5.73 Å². The lowest BCUT2D eigenvalue weighted by Gasteiger charge is -2.24. The Kier molecular flexibility index (Phi) is 4.62. The summed E-state index contributed by atoms with van der Waals surface area (Å²) >= 11 is 0. The number of alkyl halides is 2. The molecule has 2 aromatic rings. The number of carbonyl (C=O) groups is 1. The van der Waals surface area contributed by atoms with E-state index in [9.17, 15) is 22.4 Å². The van der Waals surface area contributed by atoms with Gasteiger partial charge in [-0.15, -0.1) is 0 Å². The second kappa shape index (κ2) is 6.60. The predicted octanol–water partition coefficient (Wildman–Crippen LogP) is 3.50. The van der Waals surface area contributed by atoms with Crippen molar-refractivity contribution in [2.75, 3.05) is 6.54 Å². The van der Waals surface area contributed by atoms with Gasteiger partial charge in [-0.2, -0.15) is 0 Å².